The summed E-state index contributed by atoms with van der Waals surface area (Å²) >= 11 is 0. The minimum absolute atomic E-state index is 0.478. The molecule has 0 radical (unpaired) electrons. The van der Waals surface area contributed by atoms with Gasteiger partial charge >= 0.3 is 6.18 Å². The fraction of sp³-hybridized carbons (Fsp3) is 0.273. The van der Waals surface area contributed by atoms with Gasteiger partial charge in [-0.3, -0.25) is 15.1 Å². The quantitative estimate of drug-likeness (QED) is 0.824. The first-order valence-electron chi connectivity index (χ1n) is 5.15. The third kappa shape index (κ3) is 2.15. The lowest BCUT2D eigenvalue weighted by Gasteiger charge is -2.22. The standard InChI is InChI=1S/C11H10F3N3O/c1-7-15-16-10(6-18)17(7)9-4-2-8(3-5-9)11(12,13)14/h2-6,10,16H,1H3. The van der Waals surface area contributed by atoms with Gasteiger partial charge in [0, 0.05) is 5.69 Å². The predicted molar refractivity (Wildman–Crippen MR) is 60.0 cm³/mol. The van der Waals surface area contributed by atoms with Crippen molar-refractivity contribution in [3.63, 3.8) is 0 Å². The minimum atomic E-state index is -4.37. The topological polar surface area (TPSA) is 44.7 Å². The van der Waals surface area contributed by atoms with E-state index in [1.54, 1.807) is 6.92 Å². The maximum Gasteiger partial charge on any atom is 0.416 e. The third-order valence-corrected chi connectivity index (χ3v) is 2.59. The van der Waals surface area contributed by atoms with Crippen molar-refractivity contribution in [3.05, 3.63) is 29.8 Å². The normalized spacial score (nSPS) is 19.4. The van der Waals surface area contributed by atoms with Crippen LogP contribution in [0.2, 0.25) is 0 Å². The summed E-state index contributed by atoms with van der Waals surface area (Å²) in [6.07, 6.45) is -4.41. The summed E-state index contributed by atoms with van der Waals surface area (Å²) in [7, 11) is 0. The highest BCUT2D eigenvalue weighted by Gasteiger charge is 2.31. The van der Waals surface area contributed by atoms with Gasteiger partial charge in [-0.05, 0) is 31.2 Å². The Bertz CT molecular complexity index is 481. The van der Waals surface area contributed by atoms with Gasteiger partial charge in [0.1, 0.15) is 5.84 Å². The molecule has 1 aliphatic heterocycles. The SMILES string of the molecule is CC1=NNC(C=O)N1c1ccc(C(F)(F)F)cc1. The number of nitrogens with zero attached hydrogens (tertiary/aromatic N) is 2. The van der Waals surface area contributed by atoms with Crippen molar-refractivity contribution in [2.24, 2.45) is 5.10 Å². The molecule has 1 aromatic rings. The van der Waals surface area contributed by atoms with Crippen LogP contribution in [0.15, 0.2) is 29.4 Å². The zero-order chi connectivity index (χ0) is 13.3. The molecule has 1 heterocycles. The van der Waals surface area contributed by atoms with Crippen LogP contribution < -0.4 is 10.3 Å². The zero-order valence-electron chi connectivity index (χ0n) is 9.40. The van der Waals surface area contributed by atoms with Crippen LogP contribution in [0.3, 0.4) is 0 Å². The number of rotatable bonds is 2. The Hall–Kier alpha value is -2.05. The predicted octanol–water partition coefficient (Wildman–Crippen LogP) is 1.97. The van der Waals surface area contributed by atoms with E-state index in [1.807, 2.05) is 0 Å². The number of hydrazone groups is 1. The molecule has 0 aliphatic carbocycles. The molecule has 96 valence electrons. The average Bonchev–Trinajstić information content (AvgIpc) is 2.69. The molecule has 0 saturated carbocycles. The van der Waals surface area contributed by atoms with Crippen molar-refractivity contribution < 1.29 is 18.0 Å². The first-order chi connectivity index (χ1) is 8.43. The van der Waals surface area contributed by atoms with Crippen molar-refractivity contribution in [1.29, 1.82) is 0 Å². The van der Waals surface area contributed by atoms with Gasteiger partial charge in [0.05, 0.1) is 5.56 Å². The summed E-state index contributed by atoms with van der Waals surface area (Å²) < 4.78 is 37.2. The Labute approximate surface area is 101 Å². The summed E-state index contributed by atoms with van der Waals surface area (Å²) in [4.78, 5) is 12.3. The molecule has 4 nitrogen and oxygen atoms in total. The number of carbonyl (C=O) groups is 1. The van der Waals surface area contributed by atoms with E-state index in [1.165, 1.54) is 17.0 Å². The maximum atomic E-state index is 12.4. The fourth-order valence-electron chi connectivity index (χ4n) is 1.72. The lowest BCUT2D eigenvalue weighted by Crippen LogP contribution is -2.40. The van der Waals surface area contributed by atoms with E-state index < -0.39 is 17.9 Å². The molecule has 0 spiro atoms. The van der Waals surface area contributed by atoms with E-state index in [0.717, 1.165) is 12.1 Å². The van der Waals surface area contributed by atoms with E-state index >= 15 is 0 Å². The molecule has 1 aromatic carbocycles. The number of hydrogen-bond acceptors (Lipinski definition) is 4. The van der Waals surface area contributed by atoms with Crippen LogP contribution in [-0.2, 0) is 11.0 Å². The van der Waals surface area contributed by atoms with Gasteiger partial charge in [0.25, 0.3) is 0 Å². The highest BCUT2D eigenvalue weighted by Crippen LogP contribution is 2.31. The van der Waals surface area contributed by atoms with Crippen molar-refractivity contribution in [2.75, 3.05) is 4.90 Å². The Kier molecular flexibility index (Phi) is 2.98. The summed E-state index contributed by atoms with van der Waals surface area (Å²) in [5.41, 5.74) is 2.32. The smallest absolute Gasteiger partial charge is 0.300 e. The van der Waals surface area contributed by atoms with Crippen LogP contribution in [0.1, 0.15) is 12.5 Å². The van der Waals surface area contributed by atoms with E-state index in [9.17, 15) is 18.0 Å². The maximum absolute atomic E-state index is 12.4. The number of benzene rings is 1. The number of amidine groups is 1. The molecule has 1 unspecified atom stereocenters. The van der Waals surface area contributed by atoms with E-state index in [4.69, 9.17) is 0 Å². The summed E-state index contributed by atoms with van der Waals surface area (Å²) in [5.74, 6) is 0.520. The monoisotopic (exact) mass is 257 g/mol. The number of aldehydes is 1. The molecule has 0 saturated heterocycles. The first-order valence-corrected chi connectivity index (χ1v) is 5.15. The van der Waals surface area contributed by atoms with Gasteiger partial charge in [0.2, 0.25) is 0 Å². The lowest BCUT2D eigenvalue weighted by molar-refractivity contribution is -0.137. The van der Waals surface area contributed by atoms with Gasteiger partial charge in [-0.1, -0.05) is 0 Å². The number of alkyl halides is 3. The molecule has 0 amide bonds. The van der Waals surface area contributed by atoms with Crippen LogP contribution in [-0.4, -0.2) is 18.3 Å². The van der Waals surface area contributed by atoms with Crippen molar-refractivity contribution >= 4 is 17.8 Å². The second kappa shape index (κ2) is 4.32. The van der Waals surface area contributed by atoms with Crippen molar-refractivity contribution in [3.8, 4) is 0 Å². The highest BCUT2D eigenvalue weighted by atomic mass is 19.4. The molecule has 0 aromatic heterocycles. The van der Waals surface area contributed by atoms with Gasteiger partial charge in [-0.2, -0.15) is 18.3 Å². The van der Waals surface area contributed by atoms with Crippen molar-refractivity contribution in [1.82, 2.24) is 5.43 Å². The molecule has 2 rings (SSSR count). The molecule has 1 atom stereocenters. The van der Waals surface area contributed by atoms with E-state index in [0.29, 0.717) is 17.8 Å². The first kappa shape index (κ1) is 12.4. The summed E-state index contributed by atoms with van der Waals surface area (Å²) in [6.45, 7) is 1.66. The highest BCUT2D eigenvalue weighted by molar-refractivity contribution is 6.00. The number of hydrogen-bond donors (Lipinski definition) is 1. The third-order valence-electron chi connectivity index (χ3n) is 2.59. The lowest BCUT2D eigenvalue weighted by atomic mass is 10.2. The number of anilines is 1. The number of halogens is 3. The second-order valence-corrected chi connectivity index (χ2v) is 3.78. The van der Waals surface area contributed by atoms with Crippen LogP contribution in [0.4, 0.5) is 18.9 Å². The number of nitrogens with one attached hydrogen (secondary N) is 1. The second-order valence-electron chi connectivity index (χ2n) is 3.78. The molecule has 7 heteroatoms. The van der Waals surface area contributed by atoms with Crippen LogP contribution in [0.5, 0.6) is 0 Å². The number of carbonyl (C=O) groups excluding carboxylic acids is 1. The van der Waals surface area contributed by atoms with E-state index in [2.05, 4.69) is 10.5 Å². The van der Waals surface area contributed by atoms with Crippen molar-refractivity contribution in [2.45, 2.75) is 19.3 Å². The summed E-state index contributed by atoms with van der Waals surface area (Å²) in [5, 5.41) is 3.86. The fourth-order valence-corrected chi connectivity index (χ4v) is 1.72. The van der Waals surface area contributed by atoms with Gasteiger partial charge < -0.3 is 0 Å². The Morgan fingerprint density at radius 3 is 2.44 bits per heavy atom. The molecule has 1 aliphatic rings. The zero-order valence-corrected chi connectivity index (χ0v) is 9.40. The largest absolute Gasteiger partial charge is 0.416 e. The Morgan fingerprint density at radius 1 is 1.33 bits per heavy atom. The molecular weight excluding hydrogens is 247 g/mol. The van der Waals surface area contributed by atoms with Crippen LogP contribution >= 0.6 is 0 Å². The average molecular weight is 257 g/mol. The molecule has 1 N–H and O–H groups in total. The molecule has 0 bridgehead atoms. The molecule has 0 fully saturated rings. The molecular formula is C11H10F3N3O. The van der Waals surface area contributed by atoms with Crippen LogP contribution in [0, 0.1) is 0 Å². The van der Waals surface area contributed by atoms with Gasteiger partial charge in [-0.15, -0.1) is 0 Å². The minimum Gasteiger partial charge on any atom is -0.300 e. The Morgan fingerprint density at radius 2 is 1.94 bits per heavy atom. The summed E-state index contributed by atoms with van der Waals surface area (Å²) in [6, 6.07) is 4.57. The van der Waals surface area contributed by atoms with Crippen LogP contribution in [0.25, 0.3) is 0 Å². The van der Waals surface area contributed by atoms with E-state index in [-0.39, 0.29) is 0 Å². The van der Waals surface area contributed by atoms with Gasteiger partial charge in [0.15, 0.2) is 12.5 Å². The molecule has 18 heavy (non-hydrogen) atoms. The Balaban J connectivity index is 2.29. The van der Waals surface area contributed by atoms with Gasteiger partial charge in [-0.25, -0.2) is 0 Å².